The highest BCUT2D eigenvalue weighted by Gasteiger charge is 2.25. The van der Waals surface area contributed by atoms with Crippen LogP contribution in [0.15, 0.2) is 46.5 Å². The molecule has 0 bridgehead atoms. The van der Waals surface area contributed by atoms with Crippen LogP contribution < -0.4 is 10.5 Å². The van der Waals surface area contributed by atoms with Crippen LogP contribution in [0, 0.1) is 10.1 Å². The summed E-state index contributed by atoms with van der Waals surface area (Å²) in [7, 11) is -1.56. The normalized spacial score (nSPS) is 16.0. The lowest BCUT2D eigenvalue weighted by Gasteiger charge is -2.17. The van der Waals surface area contributed by atoms with Crippen molar-refractivity contribution in [2.75, 3.05) is 5.73 Å². The standard InChI is InChI=1S/C16H17N3O4S/c17-13-9-16(24(22)12-5-7-18-8-6-12)15(10-14(13)19(20)21)23-11-3-1-2-4-11/h5-11H,1-4,17H2. The molecule has 0 saturated heterocycles. The summed E-state index contributed by atoms with van der Waals surface area (Å²) in [6.07, 6.45) is 6.97. The van der Waals surface area contributed by atoms with Gasteiger partial charge in [0, 0.05) is 17.3 Å². The van der Waals surface area contributed by atoms with Gasteiger partial charge in [0.25, 0.3) is 5.69 Å². The number of nitrogens with zero attached hydrogens (tertiary/aromatic N) is 2. The van der Waals surface area contributed by atoms with Crippen LogP contribution >= 0.6 is 0 Å². The third-order valence-electron chi connectivity index (χ3n) is 3.95. The van der Waals surface area contributed by atoms with Crippen LogP contribution in [0.1, 0.15) is 25.7 Å². The van der Waals surface area contributed by atoms with E-state index in [0.29, 0.717) is 9.79 Å². The van der Waals surface area contributed by atoms with E-state index in [9.17, 15) is 14.3 Å². The van der Waals surface area contributed by atoms with Crippen LogP contribution in [0.2, 0.25) is 0 Å². The molecule has 2 aromatic rings. The largest absolute Gasteiger partial charge is 0.489 e. The van der Waals surface area contributed by atoms with Crippen molar-refractivity contribution < 1.29 is 13.9 Å². The molecule has 0 amide bonds. The maximum atomic E-state index is 12.9. The quantitative estimate of drug-likeness (QED) is 0.506. The molecule has 1 aliphatic carbocycles. The van der Waals surface area contributed by atoms with Gasteiger partial charge in [-0.2, -0.15) is 0 Å². The van der Waals surface area contributed by atoms with Gasteiger partial charge in [-0.05, 0) is 43.9 Å². The Balaban J connectivity index is 2.03. The van der Waals surface area contributed by atoms with Crippen molar-refractivity contribution in [3.05, 3.63) is 46.8 Å². The maximum Gasteiger partial charge on any atom is 0.295 e. The Kier molecular flexibility index (Phi) is 4.75. The van der Waals surface area contributed by atoms with E-state index >= 15 is 0 Å². The summed E-state index contributed by atoms with van der Waals surface area (Å²) in [6, 6.07) is 5.92. The molecule has 0 aliphatic heterocycles. The Morgan fingerprint density at radius 1 is 1.25 bits per heavy atom. The van der Waals surface area contributed by atoms with Crippen LogP contribution in [0.3, 0.4) is 0 Å². The van der Waals surface area contributed by atoms with Crippen LogP contribution in [-0.2, 0) is 10.8 Å². The number of nitro groups is 1. The molecule has 1 aromatic carbocycles. The molecule has 1 aliphatic rings. The molecule has 0 spiro atoms. The Morgan fingerprint density at radius 3 is 2.54 bits per heavy atom. The van der Waals surface area contributed by atoms with E-state index in [-0.39, 0.29) is 23.2 Å². The summed E-state index contributed by atoms with van der Waals surface area (Å²) in [5.41, 5.74) is 5.50. The summed E-state index contributed by atoms with van der Waals surface area (Å²) in [4.78, 5) is 15.4. The molecule has 2 N–H and O–H groups in total. The van der Waals surface area contributed by atoms with Crippen molar-refractivity contribution in [3.63, 3.8) is 0 Å². The smallest absolute Gasteiger partial charge is 0.295 e. The zero-order chi connectivity index (χ0) is 17.1. The molecule has 8 heteroatoms. The molecule has 1 aromatic heterocycles. The third kappa shape index (κ3) is 3.38. The van der Waals surface area contributed by atoms with E-state index < -0.39 is 15.7 Å². The monoisotopic (exact) mass is 347 g/mol. The fourth-order valence-electron chi connectivity index (χ4n) is 2.73. The summed E-state index contributed by atoms with van der Waals surface area (Å²) in [5.74, 6) is 0.262. The highest BCUT2D eigenvalue weighted by atomic mass is 32.2. The summed E-state index contributed by atoms with van der Waals surface area (Å²) in [6.45, 7) is 0. The van der Waals surface area contributed by atoms with Gasteiger partial charge in [0.15, 0.2) is 0 Å². The average Bonchev–Trinajstić information content (AvgIpc) is 3.09. The molecule has 0 radical (unpaired) electrons. The molecule has 24 heavy (non-hydrogen) atoms. The van der Waals surface area contributed by atoms with E-state index in [4.69, 9.17) is 10.5 Å². The van der Waals surface area contributed by atoms with Crippen molar-refractivity contribution in [1.29, 1.82) is 0 Å². The van der Waals surface area contributed by atoms with Gasteiger partial charge in [0.2, 0.25) is 0 Å². The highest BCUT2D eigenvalue weighted by Crippen LogP contribution is 2.37. The lowest BCUT2D eigenvalue weighted by molar-refractivity contribution is -0.384. The molecular formula is C16H17N3O4S. The minimum atomic E-state index is -1.56. The minimum Gasteiger partial charge on any atom is -0.489 e. The number of hydrogen-bond acceptors (Lipinski definition) is 6. The first-order valence-corrected chi connectivity index (χ1v) is 8.77. The Hall–Kier alpha value is -2.48. The number of nitro benzene ring substituents is 1. The van der Waals surface area contributed by atoms with Gasteiger partial charge < -0.3 is 10.5 Å². The van der Waals surface area contributed by atoms with Gasteiger partial charge in [-0.15, -0.1) is 0 Å². The Bertz CT molecular complexity index is 776. The molecule has 1 heterocycles. The minimum absolute atomic E-state index is 0.0126. The zero-order valence-corrected chi connectivity index (χ0v) is 13.7. The third-order valence-corrected chi connectivity index (χ3v) is 5.37. The van der Waals surface area contributed by atoms with Gasteiger partial charge >= 0.3 is 0 Å². The van der Waals surface area contributed by atoms with E-state index in [1.165, 1.54) is 12.1 Å². The van der Waals surface area contributed by atoms with E-state index in [0.717, 1.165) is 25.7 Å². The number of anilines is 1. The van der Waals surface area contributed by atoms with Gasteiger partial charge in [0.1, 0.15) is 11.4 Å². The van der Waals surface area contributed by atoms with Crippen molar-refractivity contribution in [1.82, 2.24) is 4.98 Å². The fourth-order valence-corrected chi connectivity index (χ4v) is 3.88. The van der Waals surface area contributed by atoms with Crippen molar-refractivity contribution in [3.8, 4) is 5.75 Å². The van der Waals surface area contributed by atoms with Crippen molar-refractivity contribution in [2.24, 2.45) is 0 Å². The Morgan fingerprint density at radius 2 is 1.92 bits per heavy atom. The molecule has 1 saturated carbocycles. The number of rotatable bonds is 5. The summed E-state index contributed by atoms with van der Waals surface area (Å²) < 4.78 is 18.8. The SMILES string of the molecule is Nc1cc(S(=O)c2ccncc2)c(OC2CCCC2)cc1[N+](=O)[O-]. The molecule has 1 fully saturated rings. The predicted molar refractivity (Wildman–Crippen MR) is 89.3 cm³/mol. The van der Waals surface area contributed by atoms with Crippen LogP contribution in [-0.4, -0.2) is 20.2 Å². The van der Waals surface area contributed by atoms with Gasteiger partial charge in [0.05, 0.1) is 32.8 Å². The van der Waals surface area contributed by atoms with E-state index in [1.54, 1.807) is 24.5 Å². The molecule has 1 unspecified atom stereocenters. The van der Waals surface area contributed by atoms with Crippen LogP contribution in [0.5, 0.6) is 5.75 Å². The van der Waals surface area contributed by atoms with Crippen molar-refractivity contribution in [2.45, 2.75) is 41.6 Å². The van der Waals surface area contributed by atoms with Gasteiger partial charge in [-0.1, -0.05) is 0 Å². The highest BCUT2D eigenvalue weighted by molar-refractivity contribution is 7.85. The number of benzene rings is 1. The Labute approximate surface area is 141 Å². The molecule has 7 nitrogen and oxygen atoms in total. The average molecular weight is 347 g/mol. The number of nitrogen functional groups attached to an aromatic ring is 1. The zero-order valence-electron chi connectivity index (χ0n) is 12.9. The first-order valence-electron chi connectivity index (χ1n) is 7.62. The summed E-state index contributed by atoms with van der Waals surface area (Å²) in [5, 5.41) is 11.1. The first-order chi connectivity index (χ1) is 11.6. The second-order valence-electron chi connectivity index (χ2n) is 5.59. The number of pyridine rings is 1. The molecule has 1 atom stereocenters. The number of nitrogens with two attached hydrogens (primary N) is 1. The maximum absolute atomic E-state index is 12.9. The first kappa shape index (κ1) is 16.4. The van der Waals surface area contributed by atoms with Crippen LogP contribution in [0.25, 0.3) is 0 Å². The fraction of sp³-hybridized carbons (Fsp3) is 0.312. The molecule has 3 rings (SSSR count). The second-order valence-corrected chi connectivity index (χ2v) is 7.04. The van der Waals surface area contributed by atoms with E-state index in [2.05, 4.69) is 4.98 Å². The summed E-state index contributed by atoms with van der Waals surface area (Å²) >= 11 is 0. The second kappa shape index (κ2) is 6.96. The molecule has 126 valence electrons. The van der Waals surface area contributed by atoms with Gasteiger partial charge in [-0.25, -0.2) is 4.21 Å². The molecular weight excluding hydrogens is 330 g/mol. The van der Waals surface area contributed by atoms with E-state index in [1.807, 2.05) is 0 Å². The van der Waals surface area contributed by atoms with Gasteiger partial charge in [-0.3, -0.25) is 15.1 Å². The number of hydrogen-bond donors (Lipinski definition) is 1. The number of ether oxygens (including phenoxy) is 1. The number of aromatic nitrogens is 1. The van der Waals surface area contributed by atoms with Crippen LogP contribution in [0.4, 0.5) is 11.4 Å². The van der Waals surface area contributed by atoms with Crippen molar-refractivity contribution >= 4 is 22.2 Å². The lowest BCUT2D eigenvalue weighted by atomic mass is 10.2. The topological polar surface area (TPSA) is 108 Å². The predicted octanol–water partition coefficient (Wildman–Crippen LogP) is 3.06. The lowest BCUT2D eigenvalue weighted by Crippen LogP contribution is -2.13.